The van der Waals surface area contributed by atoms with Crippen molar-refractivity contribution in [2.45, 2.75) is 45.2 Å². The lowest BCUT2D eigenvalue weighted by Crippen LogP contribution is -2.46. The zero-order valence-corrected chi connectivity index (χ0v) is 12.7. The molecule has 2 nitrogen and oxygen atoms in total. The Morgan fingerprint density at radius 1 is 1.16 bits per heavy atom. The molecule has 1 aliphatic heterocycles. The van der Waals surface area contributed by atoms with Gasteiger partial charge in [-0.05, 0) is 58.8 Å². The average molecular weight is 260 g/mol. The number of benzene rings is 1. The highest BCUT2D eigenvalue weighted by Crippen LogP contribution is 2.17. The molecule has 0 radical (unpaired) electrons. The van der Waals surface area contributed by atoms with E-state index in [1.807, 2.05) is 0 Å². The van der Waals surface area contributed by atoms with Crippen molar-refractivity contribution in [3.8, 4) is 0 Å². The van der Waals surface area contributed by atoms with Crippen LogP contribution in [0.5, 0.6) is 0 Å². The molecule has 1 aromatic rings. The Balaban J connectivity index is 1.74. The molecule has 1 saturated heterocycles. The van der Waals surface area contributed by atoms with Crippen LogP contribution in [0.2, 0.25) is 0 Å². The van der Waals surface area contributed by atoms with Gasteiger partial charge in [-0.1, -0.05) is 30.3 Å². The monoisotopic (exact) mass is 260 g/mol. The van der Waals surface area contributed by atoms with E-state index in [-0.39, 0.29) is 0 Å². The second kappa shape index (κ2) is 7.06. The minimum Gasteiger partial charge on any atom is -0.303 e. The van der Waals surface area contributed by atoms with Gasteiger partial charge in [0.2, 0.25) is 0 Å². The highest BCUT2D eigenvalue weighted by molar-refractivity contribution is 5.14. The van der Waals surface area contributed by atoms with Crippen LogP contribution in [0.3, 0.4) is 0 Å². The maximum atomic E-state index is 2.60. The van der Waals surface area contributed by atoms with E-state index in [9.17, 15) is 0 Å². The fourth-order valence-corrected chi connectivity index (χ4v) is 2.98. The molecule has 0 saturated carbocycles. The number of likely N-dealkylation sites (N-methyl/N-ethyl adjacent to an activating group) is 1. The second-order valence-corrected chi connectivity index (χ2v) is 6.08. The maximum Gasteiger partial charge on any atom is 0.0117 e. The minimum absolute atomic E-state index is 0.704. The number of likely N-dealkylation sites (tertiary alicyclic amines) is 1. The summed E-state index contributed by atoms with van der Waals surface area (Å²) in [5.74, 6) is 0. The summed E-state index contributed by atoms with van der Waals surface area (Å²) in [4.78, 5) is 5.16. The van der Waals surface area contributed by atoms with Crippen LogP contribution in [0.4, 0.5) is 0 Å². The smallest absolute Gasteiger partial charge is 0.0117 e. The SMILES string of the molecule is CC(C)N1CCC(N(C)CCc2ccccc2)CC1. The van der Waals surface area contributed by atoms with Gasteiger partial charge < -0.3 is 9.80 Å². The van der Waals surface area contributed by atoms with E-state index in [1.54, 1.807) is 0 Å². The van der Waals surface area contributed by atoms with Crippen molar-refractivity contribution >= 4 is 0 Å². The standard InChI is InChI=1S/C17H28N2/c1-15(2)19-13-10-17(11-14-19)18(3)12-9-16-7-5-4-6-8-16/h4-8,15,17H,9-14H2,1-3H3. The predicted octanol–water partition coefficient (Wildman–Crippen LogP) is 3.03. The van der Waals surface area contributed by atoms with E-state index < -0.39 is 0 Å². The van der Waals surface area contributed by atoms with Gasteiger partial charge in [-0.2, -0.15) is 0 Å². The topological polar surface area (TPSA) is 6.48 Å². The number of nitrogens with zero attached hydrogens (tertiary/aromatic N) is 2. The number of hydrogen-bond donors (Lipinski definition) is 0. The summed E-state index contributed by atoms with van der Waals surface area (Å²) in [7, 11) is 2.29. The average Bonchev–Trinajstić information content (AvgIpc) is 2.46. The molecule has 1 fully saturated rings. The Morgan fingerprint density at radius 2 is 1.79 bits per heavy atom. The zero-order valence-electron chi connectivity index (χ0n) is 12.7. The van der Waals surface area contributed by atoms with Crippen molar-refractivity contribution in [3.05, 3.63) is 35.9 Å². The first kappa shape index (κ1) is 14.5. The Bertz CT molecular complexity index is 353. The number of piperidine rings is 1. The fraction of sp³-hybridized carbons (Fsp3) is 0.647. The molecule has 0 spiro atoms. The molecular weight excluding hydrogens is 232 g/mol. The van der Waals surface area contributed by atoms with Crippen molar-refractivity contribution in [2.24, 2.45) is 0 Å². The van der Waals surface area contributed by atoms with Crippen LogP contribution in [0.1, 0.15) is 32.3 Å². The molecule has 1 aromatic carbocycles. The summed E-state index contributed by atoms with van der Waals surface area (Å²) in [6.07, 6.45) is 3.81. The van der Waals surface area contributed by atoms with Crippen molar-refractivity contribution in [1.82, 2.24) is 9.80 Å². The van der Waals surface area contributed by atoms with Crippen LogP contribution >= 0.6 is 0 Å². The molecule has 2 rings (SSSR count). The molecule has 0 aliphatic carbocycles. The van der Waals surface area contributed by atoms with E-state index >= 15 is 0 Å². The van der Waals surface area contributed by atoms with Crippen molar-refractivity contribution in [2.75, 3.05) is 26.7 Å². The van der Waals surface area contributed by atoms with Crippen LogP contribution in [-0.4, -0.2) is 48.6 Å². The van der Waals surface area contributed by atoms with Gasteiger partial charge in [-0.15, -0.1) is 0 Å². The van der Waals surface area contributed by atoms with E-state index in [4.69, 9.17) is 0 Å². The summed E-state index contributed by atoms with van der Waals surface area (Å²) in [6, 6.07) is 12.3. The summed E-state index contributed by atoms with van der Waals surface area (Å²) in [5.41, 5.74) is 1.45. The van der Waals surface area contributed by atoms with Gasteiger partial charge in [0.15, 0.2) is 0 Å². The van der Waals surface area contributed by atoms with E-state index in [0.29, 0.717) is 6.04 Å². The first-order valence-corrected chi connectivity index (χ1v) is 7.65. The van der Waals surface area contributed by atoms with E-state index in [2.05, 4.69) is 61.0 Å². The third-order valence-corrected chi connectivity index (χ3v) is 4.45. The molecule has 19 heavy (non-hydrogen) atoms. The van der Waals surface area contributed by atoms with Crippen LogP contribution < -0.4 is 0 Å². The molecule has 0 aromatic heterocycles. The Hall–Kier alpha value is -0.860. The highest BCUT2D eigenvalue weighted by atomic mass is 15.2. The molecule has 1 heterocycles. The Kier molecular flexibility index (Phi) is 5.41. The summed E-state index contributed by atoms with van der Waals surface area (Å²) in [5, 5.41) is 0. The molecule has 0 unspecified atom stereocenters. The second-order valence-electron chi connectivity index (χ2n) is 6.08. The maximum absolute atomic E-state index is 2.60. The summed E-state index contributed by atoms with van der Waals surface area (Å²) >= 11 is 0. The first-order chi connectivity index (χ1) is 9.16. The van der Waals surface area contributed by atoms with Gasteiger partial charge in [0.25, 0.3) is 0 Å². The predicted molar refractivity (Wildman–Crippen MR) is 82.5 cm³/mol. The van der Waals surface area contributed by atoms with Crippen molar-refractivity contribution in [1.29, 1.82) is 0 Å². The zero-order chi connectivity index (χ0) is 13.7. The van der Waals surface area contributed by atoms with Gasteiger partial charge in [-0.25, -0.2) is 0 Å². The molecular formula is C17H28N2. The molecule has 0 atom stereocenters. The molecule has 106 valence electrons. The molecule has 0 amide bonds. The van der Waals surface area contributed by atoms with Gasteiger partial charge in [0, 0.05) is 18.6 Å². The fourth-order valence-electron chi connectivity index (χ4n) is 2.98. The summed E-state index contributed by atoms with van der Waals surface area (Å²) < 4.78 is 0. The first-order valence-electron chi connectivity index (χ1n) is 7.65. The van der Waals surface area contributed by atoms with E-state index in [0.717, 1.165) is 6.04 Å². The van der Waals surface area contributed by atoms with Crippen LogP contribution in [0.25, 0.3) is 0 Å². The third-order valence-electron chi connectivity index (χ3n) is 4.45. The van der Waals surface area contributed by atoms with Crippen LogP contribution in [-0.2, 0) is 6.42 Å². The lowest BCUT2D eigenvalue weighted by atomic mass is 10.0. The Labute approximate surface area is 118 Å². The molecule has 0 N–H and O–H groups in total. The lowest BCUT2D eigenvalue weighted by molar-refractivity contribution is 0.108. The van der Waals surface area contributed by atoms with Crippen LogP contribution in [0.15, 0.2) is 30.3 Å². The van der Waals surface area contributed by atoms with Crippen molar-refractivity contribution < 1.29 is 0 Å². The van der Waals surface area contributed by atoms with Gasteiger partial charge in [0.1, 0.15) is 0 Å². The van der Waals surface area contributed by atoms with Gasteiger partial charge in [0.05, 0.1) is 0 Å². The largest absolute Gasteiger partial charge is 0.303 e. The molecule has 0 bridgehead atoms. The number of hydrogen-bond acceptors (Lipinski definition) is 2. The van der Waals surface area contributed by atoms with Crippen LogP contribution in [0, 0.1) is 0 Å². The normalized spacial score (nSPS) is 18.4. The molecule has 2 heteroatoms. The van der Waals surface area contributed by atoms with E-state index in [1.165, 1.54) is 44.5 Å². The quantitative estimate of drug-likeness (QED) is 0.803. The third kappa shape index (κ3) is 4.32. The van der Waals surface area contributed by atoms with Gasteiger partial charge >= 0.3 is 0 Å². The van der Waals surface area contributed by atoms with Gasteiger partial charge in [-0.3, -0.25) is 0 Å². The lowest BCUT2D eigenvalue weighted by Gasteiger charge is -2.38. The molecule has 1 aliphatic rings. The summed E-state index contributed by atoms with van der Waals surface area (Å²) in [6.45, 7) is 8.31. The highest BCUT2D eigenvalue weighted by Gasteiger charge is 2.23. The number of rotatable bonds is 5. The minimum atomic E-state index is 0.704. The van der Waals surface area contributed by atoms with Crippen molar-refractivity contribution in [3.63, 3.8) is 0 Å². The Morgan fingerprint density at radius 3 is 2.37 bits per heavy atom.